The number of carboxylic acid groups (broad SMARTS) is 1. The summed E-state index contributed by atoms with van der Waals surface area (Å²) in [6.45, 7) is 2.50. The zero-order chi connectivity index (χ0) is 22.6. The number of alkyl halides is 3. The molecule has 170 valence electrons. The number of rotatable bonds is 4. The minimum Gasteiger partial charge on any atom is -0.475 e. The van der Waals surface area contributed by atoms with Gasteiger partial charge < -0.3 is 18.8 Å². The molecule has 4 rings (SSSR count). The van der Waals surface area contributed by atoms with Crippen LogP contribution in [0.3, 0.4) is 0 Å². The van der Waals surface area contributed by atoms with Crippen LogP contribution in [0.25, 0.3) is 0 Å². The molecular formula is C21H25F3N2O5. The highest BCUT2D eigenvalue weighted by molar-refractivity contribution is 5.91. The fourth-order valence-electron chi connectivity index (χ4n) is 4.42. The molecule has 1 saturated heterocycles. The Labute approximate surface area is 177 Å². The van der Waals surface area contributed by atoms with Gasteiger partial charge in [-0.1, -0.05) is 0 Å². The van der Waals surface area contributed by atoms with E-state index in [0.717, 1.165) is 38.2 Å². The van der Waals surface area contributed by atoms with Crippen LogP contribution >= 0.6 is 0 Å². The molecule has 31 heavy (non-hydrogen) atoms. The van der Waals surface area contributed by atoms with Crippen LogP contribution in [0.2, 0.25) is 0 Å². The maximum Gasteiger partial charge on any atom is 0.490 e. The molecule has 10 heteroatoms. The average molecular weight is 442 g/mol. The first kappa shape index (κ1) is 22.9. The van der Waals surface area contributed by atoms with Gasteiger partial charge in [-0.25, -0.2) is 4.79 Å². The van der Waals surface area contributed by atoms with E-state index in [2.05, 4.69) is 11.9 Å². The molecule has 2 fully saturated rings. The molecule has 0 aromatic carbocycles. The molecule has 1 amide bonds. The van der Waals surface area contributed by atoms with Crippen molar-refractivity contribution in [2.24, 2.45) is 5.41 Å². The Kier molecular flexibility index (Phi) is 6.78. The Hall–Kier alpha value is -2.75. The Morgan fingerprint density at radius 2 is 1.77 bits per heavy atom. The van der Waals surface area contributed by atoms with Crippen LogP contribution in [0.4, 0.5) is 13.2 Å². The number of furan rings is 2. The number of carbonyl (C=O) groups excluding carboxylic acids is 1. The van der Waals surface area contributed by atoms with Crippen LogP contribution in [0.5, 0.6) is 0 Å². The van der Waals surface area contributed by atoms with Crippen LogP contribution in [0.15, 0.2) is 45.6 Å². The van der Waals surface area contributed by atoms with E-state index in [4.69, 9.17) is 18.7 Å². The predicted octanol–water partition coefficient (Wildman–Crippen LogP) is 4.02. The number of nitrogens with zero attached hydrogens (tertiary/aromatic N) is 2. The molecule has 1 saturated carbocycles. The lowest BCUT2D eigenvalue weighted by Crippen LogP contribution is -2.58. The maximum atomic E-state index is 12.4. The minimum absolute atomic E-state index is 0.0228. The van der Waals surface area contributed by atoms with Gasteiger partial charge in [0.2, 0.25) is 0 Å². The van der Waals surface area contributed by atoms with Crippen molar-refractivity contribution in [2.45, 2.75) is 44.4 Å². The second-order valence-electron chi connectivity index (χ2n) is 7.98. The number of amides is 1. The Balaban J connectivity index is 0.000000339. The molecule has 1 unspecified atom stereocenters. The van der Waals surface area contributed by atoms with Crippen LogP contribution < -0.4 is 0 Å². The SMILES string of the molecule is CN(Cc1ccco1)C1CCC12CCN(C(=O)c1ccco1)CC2.O=C(O)C(F)(F)F. The van der Waals surface area contributed by atoms with Gasteiger partial charge >= 0.3 is 12.1 Å². The fraction of sp³-hybridized carbons (Fsp3) is 0.524. The van der Waals surface area contributed by atoms with Gasteiger partial charge in [0, 0.05) is 19.1 Å². The molecular weight excluding hydrogens is 417 g/mol. The number of hydrogen-bond acceptors (Lipinski definition) is 5. The lowest BCUT2D eigenvalue weighted by atomic mass is 9.58. The van der Waals surface area contributed by atoms with Crippen molar-refractivity contribution in [1.29, 1.82) is 0 Å². The largest absolute Gasteiger partial charge is 0.490 e. The smallest absolute Gasteiger partial charge is 0.475 e. The number of likely N-dealkylation sites (tertiary alicyclic amines) is 1. The van der Waals surface area contributed by atoms with E-state index in [1.54, 1.807) is 24.7 Å². The summed E-state index contributed by atoms with van der Waals surface area (Å²) in [6.07, 6.45) is 2.87. The highest BCUT2D eigenvalue weighted by Gasteiger charge is 2.50. The van der Waals surface area contributed by atoms with Gasteiger partial charge in [-0.2, -0.15) is 13.2 Å². The molecule has 0 bridgehead atoms. The number of carboxylic acids is 1. The van der Waals surface area contributed by atoms with Crippen molar-refractivity contribution in [1.82, 2.24) is 9.80 Å². The Bertz CT molecular complexity index is 856. The van der Waals surface area contributed by atoms with E-state index in [1.807, 2.05) is 17.0 Å². The van der Waals surface area contributed by atoms with Crippen molar-refractivity contribution < 1.29 is 36.7 Å². The highest BCUT2D eigenvalue weighted by Crippen LogP contribution is 2.51. The maximum absolute atomic E-state index is 12.4. The van der Waals surface area contributed by atoms with Crippen molar-refractivity contribution in [3.05, 3.63) is 48.3 Å². The second kappa shape index (κ2) is 9.17. The topological polar surface area (TPSA) is 87.1 Å². The summed E-state index contributed by atoms with van der Waals surface area (Å²) < 4.78 is 42.5. The van der Waals surface area contributed by atoms with Crippen LogP contribution in [0, 0.1) is 5.41 Å². The number of hydrogen-bond donors (Lipinski definition) is 1. The number of halogens is 3. The summed E-state index contributed by atoms with van der Waals surface area (Å²) >= 11 is 0. The Morgan fingerprint density at radius 1 is 1.16 bits per heavy atom. The van der Waals surface area contributed by atoms with Gasteiger partial charge in [-0.3, -0.25) is 9.69 Å². The standard InChI is InChI=1S/C19H24N2O3.C2HF3O2/c1-20(14-15-4-2-12-23-15)17-6-7-19(17)8-10-21(11-9-19)18(22)16-5-3-13-24-16;3-2(4,5)1(6)7/h2-5,12-13,17H,6-11,14H2,1H3;(H,6,7). The van der Waals surface area contributed by atoms with Crippen LogP contribution in [-0.4, -0.2) is 59.1 Å². The molecule has 1 aliphatic carbocycles. The van der Waals surface area contributed by atoms with E-state index >= 15 is 0 Å². The van der Waals surface area contributed by atoms with Crippen molar-refractivity contribution in [2.75, 3.05) is 20.1 Å². The molecule has 2 aromatic heterocycles. The van der Waals surface area contributed by atoms with E-state index in [1.165, 1.54) is 12.8 Å². The zero-order valence-corrected chi connectivity index (χ0v) is 17.1. The molecule has 3 heterocycles. The third-order valence-electron chi connectivity index (χ3n) is 6.16. The number of carbonyl (C=O) groups is 2. The molecule has 1 spiro atoms. The molecule has 1 N–H and O–H groups in total. The number of aliphatic carboxylic acids is 1. The van der Waals surface area contributed by atoms with Crippen LogP contribution in [0.1, 0.15) is 42.0 Å². The first-order valence-electron chi connectivity index (χ1n) is 9.98. The fourth-order valence-corrected chi connectivity index (χ4v) is 4.42. The first-order valence-corrected chi connectivity index (χ1v) is 9.98. The van der Waals surface area contributed by atoms with Crippen molar-refractivity contribution in [3.63, 3.8) is 0 Å². The van der Waals surface area contributed by atoms with Crippen molar-refractivity contribution >= 4 is 11.9 Å². The first-order chi connectivity index (χ1) is 14.6. The molecule has 7 nitrogen and oxygen atoms in total. The summed E-state index contributed by atoms with van der Waals surface area (Å²) in [6, 6.07) is 8.08. The Morgan fingerprint density at radius 3 is 2.23 bits per heavy atom. The molecule has 0 radical (unpaired) electrons. The van der Waals surface area contributed by atoms with E-state index in [-0.39, 0.29) is 5.91 Å². The van der Waals surface area contributed by atoms with Gasteiger partial charge in [0.05, 0.1) is 19.1 Å². The van der Waals surface area contributed by atoms with E-state index in [0.29, 0.717) is 17.2 Å². The molecule has 2 aliphatic rings. The third-order valence-corrected chi connectivity index (χ3v) is 6.16. The van der Waals surface area contributed by atoms with E-state index in [9.17, 15) is 18.0 Å². The van der Waals surface area contributed by atoms with Gasteiger partial charge in [-0.05, 0) is 62.4 Å². The normalized spacial score (nSPS) is 20.2. The monoisotopic (exact) mass is 442 g/mol. The highest BCUT2D eigenvalue weighted by atomic mass is 19.4. The lowest BCUT2D eigenvalue weighted by Gasteiger charge is -2.56. The molecule has 1 atom stereocenters. The predicted molar refractivity (Wildman–Crippen MR) is 103 cm³/mol. The number of piperidine rings is 1. The van der Waals surface area contributed by atoms with Gasteiger partial charge in [0.1, 0.15) is 5.76 Å². The van der Waals surface area contributed by atoms with Gasteiger partial charge in [0.25, 0.3) is 5.91 Å². The van der Waals surface area contributed by atoms with Crippen molar-refractivity contribution in [3.8, 4) is 0 Å². The summed E-state index contributed by atoms with van der Waals surface area (Å²) in [5, 5.41) is 7.12. The summed E-state index contributed by atoms with van der Waals surface area (Å²) in [4.78, 5) is 25.7. The van der Waals surface area contributed by atoms with Crippen LogP contribution in [-0.2, 0) is 11.3 Å². The van der Waals surface area contributed by atoms with Gasteiger partial charge in [0.15, 0.2) is 5.76 Å². The quantitative estimate of drug-likeness (QED) is 0.770. The molecule has 2 aromatic rings. The summed E-state index contributed by atoms with van der Waals surface area (Å²) in [5.74, 6) is -1.27. The summed E-state index contributed by atoms with van der Waals surface area (Å²) in [5.41, 5.74) is 0.362. The average Bonchev–Trinajstić information content (AvgIpc) is 3.40. The summed E-state index contributed by atoms with van der Waals surface area (Å²) in [7, 11) is 2.19. The zero-order valence-electron chi connectivity index (χ0n) is 17.1. The van der Waals surface area contributed by atoms with E-state index < -0.39 is 12.1 Å². The lowest BCUT2D eigenvalue weighted by molar-refractivity contribution is -0.192. The van der Waals surface area contributed by atoms with Gasteiger partial charge in [-0.15, -0.1) is 0 Å². The third kappa shape index (κ3) is 5.30. The second-order valence-corrected chi connectivity index (χ2v) is 7.98. The minimum atomic E-state index is -5.08. The molecule has 1 aliphatic heterocycles.